The van der Waals surface area contributed by atoms with Gasteiger partial charge in [0.1, 0.15) is 11.2 Å². The summed E-state index contributed by atoms with van der Waals surface area (Å²) in [6.07, 6.45) is 4.91. The van der Waals surface area contributed by atoms with E-state index >= 15 is 0 Å². The molecule has 0 saturated heterocycles. The highest BCUT2D eigenvalue weighted by molar-refractivity contribution is 6.29. The average molecular weight is 127 g/mol. The minimum Gasteiger partial charge on any atom is -0.195 e. The number of hydrogen-bond acceptors (Lipinski definition) is 2. The lowest BCUT2D eigenvalue weighted by Gasteiger charge is -1.73. The molecular formula is C5H3ClN2. The molecule has 0 atom stereocenters. The van der Waals surface area contributed by atoms with Crippen molar-refractivity contribution in [1.82, 2.24) is 0 Å². The zero-order chi connectivity index (χ0) is 5.82. The molecule has 1 rings (SSSR count). The van der Waals surface area contributed by atoms with E-state index < -0.39 is 0 Å². The number of hydrogen-bond donors (Lipinski definition) is 0. The molecule has 0 unspecified atom stereocenters. The monoisotopic (exact) mass is 126 g/mol. The van der Waals surface area contributed by atoms with E-state index in [-0.39, 0.29) is 0 Å². The predicted molar refractivity (Wildman–Crippen MR) is 32.9 cm³/mol. The highest BCUT2D eigenvalue weighted by Gasteiger charge is 1.81. The summed E-state index contributed by atoms with van der Waals surface area (Å²) in [6.45, 7) is 0. The Morgan fingerprint density at radius 2 is 2.50 bits per heavy atom. The summed E-state index contributed by atoms with van der Waals surface area (Å²) in [7, 11) is 0. The molecule has 0 aromatic rings. The van der Waals surface area contributed by atoms with Gasteiger partial charge in [0.05, 0.1) is 0 Å². The molecule has 0 amide bonds. The van der Waals surface area contributed by atoms with Gasteiger partial charge in [0, 0.05) is 6.20 Å². The van der Waals surface area contributed by atoms with Gasteiger partial charge in [-0.05, 0) is 12.2 Å². The molecule has 0 fully saturated rings. The Labute approximate surface area is 51.9 Å². The van der Waals surface area contributed by atoms with Gasteiger partial charge in [-0.25, -0.2) is 0 Å². The van der Waals surface area contributed by atoms with Crippen molar-refractivity contribution in [2.75, 3.05) is 0 Å². The first-order valence-electron chi connectivity index (χ1n) is 2.07. The Kier molecular flexibility index (Phi) is 1.62. The second-order valence-electron chi connectivity index (χ2n) is 1.17. The van der Waals surface area contributed by atoms with E-state index in [1.165, 1.54) is 0 Å². The van der Waals surface area contributed by atoms with E-state index in [9.17, 15) is 0 Å². The van der Waals surface area contributed by atoms with Crippen molar-refractivity contribution < 1.29 is 0 Å². The van der Waals surface area contributed by atoms with Crippen LogP contribution in [0.5, 0.6) is 0 Å². The van der Waals surface area contributed by atoms with Gasteiger partial charge < -0.3 is 0 Å². The SMILES string of the molecule is ClC1=CC=CN=C=N1. The van der Waals surface area contributed by atoms with Gasteiger partial charge in [-0.15, -0.1) is 0 Å². The van der Waals surface area contributed by atoms with Gasteiger partial charge >= 0.3 is 0 Å². The van der Waals surface area contributed by atoms with E-state index in [0.717, 1.165) is 0 Å². The molecule has 3 heteroatoms. The smallest absolute Gasteiger partial charge is 0.140 e. The fraction of sp³-hybridized carbons (Fsp3) is 0. The molecule has 0 radical (unpaired) electrons. The Morgan fingerprint density at radius 3 is 3.38 bits per heavy atom. The number of halogens is 1. The molecule has 1 aliphatic rings. The molecule has 8 heavy (non-hydrogen) atoms. The summed E-state index contributed by atoms with van der Waals surface area (Å²) < 4.78 is 0. The summed E-state index contributed by atoms with van der Waals surface area (Å²) in [5.74, 6) is 0. The first kappa shape index (κ1) is 5.29. The van der Waals surface area contributed by atoms with Gasteiger partial charge in [0.25, 0.3) is 0 Å². The van der Waals surface area contributed by atoms with Crippen LogP contribution in [0.25, 0.3) is 0 Å². The molecule has 1 heterocycles. The van der Waals surface area contributed by atoms with Crippen LogP contribution in [0.4, 0.5) is 0 Å². The number of nitrogens with zero attached hydrogens (tertiary/aromatic N) is 2. The van der Waals surface area contributed by atoms with Crippen molar-refractivity contribution in [2.24, 2.45) is 9.98 Å². The standard InChI is InChI=1S/C5H3ClN2/c6-5-2-1-3-7-4-8-5/h1-3H. The van der Waals surface area contributed by atoms with Crippen molar-refractivity contribution in [3.05, 3.63) is 23.5 Å². The molecule has 0 aromatic carbocycles. The van der Waals surface area contributed by atoms with Crippen LogP contribution < -0.4 is 0 Å². The second kappa shape index (κ2) is 2.46. The molecule has 0 aromatic heterocycles. The van der Waals surface area contributed by atoms with E-state index in [4.69, 9.17) is 11.6 Å². The fourth-order valence-corrected chi connectivity index (χ4v) is 0.423. The van der Waals surface area contributed by atoms with Gasteiger partial charge in [0.2, 0.25) is 0 Å². The highest BCUT2D eigenvalue weighted by Crippen LogP contribution is 2.02. The normalized spacial score (nSPS) is 15.9. The van der Waals surface area contributed by atoms with Crippen LogP contribution in [0.2, 0.25) is 0 Å². The van der Waals surface area contributed by atoms with Crippen LogP contribution in [0.1, 0.15) is 0 Å². The van der Waals surface area contributed by atoms with E-state index in [2.05, 4.69) is 16.0 Å². The zero-order valence-electron chi connectivity index (χ0n) is 4.00. The van der Waals surface area contributed by atoms with Crippen LogP contribution in [0.3, 0.4) is 0 Å². The molecule has 0 aliphatic carbocycles. The number of aliphatic imine (C=N–C) groups is 2. The quantitative estimate of drug-likeness (QED) is 0.442. The third kappa shape index (κ3) is 1.34. The molecule has 1 aliphatic heterocycles. The molecule has 0 spiro atoms. The van der Waals surface area contributed by atoms with E-state index in [0.29, 0.717) is 5.16 Å². The maximum Gasteiger partial charge on any atom is 0.140 e. The fourth-order valence-electron chi connectivity index (χ4n) is 0.313. The number of allylic oxidation sites excluding steroid dienone is 2. The first-order valence-corrected chi connectivity index (χ1v) is 2.45. The summed E-state index contributed by atoms with van der Waals surface area (Å²) >= 11 is 5.44. The van der Waals surface area contributed by atoms with Crippen LogP contribution in [0.15, 0.2) is 33.5 Å². The van der Waals surface area contributed by atoms with Crippen molar-refractivity contribution in [3.63, 3.8) is 0 Å². The third-order valence-corrected chi connectivity index (χ3v) is 0.819. The van der Waals surface area contributed by atoms with Gasteiger partial charge in [-0.3, -0.25) is 0 Å². The lowest BCUT2D eigenvalue weighted by molar-refractivity contribution is 1.53. The summed E-state index contributed by atoms with van der Waals surface area (Å²) in [5.41, 5.74) is 0. The van der Waals surface area contributed by atoms with Crippen molar-refractivity contribution in [2.45, 2.75) is 0 Å². The van der Waals surface area contributed by atoms with Gasteiger partial charge in [-0.1, -0.05) is 11.6 Å². The Bertz CT molecular complexity index is 196. The summed E-state index contributed by atoms with van der Waals surface area (Å²) in [4.78, 5) is 7.16. The molecular weight excluding hydrogens is 124 g/mol. The van der Waals surface area contributed by atoms with Crippen LogP contribution >= 0.6 is 11.6 Å². The largest absolute Gasteiger partial charge is 0.195 e. The van der Waals surface area contributed by atoms with Crippen molar-refractivity contribution >= 4 is 17.6 Å². The zero-order valence-corrected chi connectivity index (χ0v) is 4.76. The molecule has 0 N–H and O–H groups in total. The maximum absolute atomic E-state index is 5.44. The minimum atomic E-state index is 0.405. The van der Waals surface area contributed by atoms with Crippen LogP contribution in [-0.4, -0.2) is 6.01 Å². The summed E-state index contributed by atoms with van der Waals surface area (Å²) in [5, 5.41) is 0.405. The third-order valence-electron chi connectivity index (χ3n) is 0.609. The lowest BCUT2D eigenvalue weighted by atomic mass is 10.6. The molecule has 40 valence electrons. The average Bonchev–Trinajstić information content (AvgIpc) is 1.94. The van der Waals surface area contributed by atoms with E-state index in [1.807, 2.05) is 0 Å². The molecule has 0 bridgehead atoms. The lowest BCUT2D eigenvalue weighted by Crippen LogP contribution is -1.55. The predicted octanol–water partition coefficient (Wildman–Crippen LogP) is 1.77. The van der Waals surface area contributed by atoms with Gasteiger partial charge in [-0.2, -0.15) is 9.98 Å². The topological polar surface area (TPSA) is 24.7 Å². The first-order chi connectivity index (χ1) is 3.89. The van der Waals surface area contributed by atoms with Crippen molar-refractivity contribution in [1.29, 1.82) is 0 Å². The Hall–Kier alpha value is -0.850. The van der Waals surface area contributed by atoms with Gasteiger partial charge in [0.15, 0.2) is 0 Å². The Balaban J connectivity index is 2.94. The second-order valence-corrected chi connectivity index (χ2v) is 1.56. The van der Waals surface area contributed by atoms with Crippen LogP contribution in [0, 0.1) is 0 Å². The highest BCUT2D eigenvalue weighted by atomic mass is 35.5. The molecule has 2 nitrogen and oxygen atoms in total. The van der Waals surface area contributed by atoms with Crippen molar-refractivity contribution in [3.8, 4) is 0 Å². The van der Waals surface area contributed by atoms with E-state index in [1.54, 1.807) is 18.4 Å². The summed E-state index contributed by atoms with van der Waals surface area (Å²) in [6, 6.07) is 2.36. The Morgan fingerprint density at radius 1 is 1.62 bits per heavy atom. The van der Waals surface area contributed by atoms with Crippen LogP contribution in [-0.2, 0) is 0 Å². The molecule has 0 saturated carbocycles. The maximum atomic E-state index is 5.44. The number of rotatable bonds is 0. The minimum absolute atomic E-state index is 0.405.